The number of furan rings is 1. The molecule has 0 fully saturated rings. The fraction of sp³-hybridized carbons (Fsp3) is 0.308. The monoisotopic (exact) mass is 280 g/mol. The zero-order chi connectivity index (χ0) is 14.0. The van der Waals surface area contributed by atoms with Crippen molar-refractivity contribution in [1.29, 1.82) is 0 Å². The van der Waals surface area contributed by atoms with E-state index < -0.39 is 9.84 Å². The lowest BCUT2D eigenvalue weighted by Crippen LogP contribution is -2.20. The number of sulfone groups is 1. The van der Waals surface area contributed by atoms with E-state index in [1.165, 1.54) is 6.26 Å². The minimum Gasteiger partial charge on any atom is -0.469 e. The highest BCUT2D eigenvalue weighted by Crippen LogP contribution is 2.23. The van der Waals surface area contributed by atoms with Crippen LogP contribution in [0.2, 0.25) is 0 Å². The summed E-state index contributed by atoms with van der Waals surface area (Å²) in [4.78, 5) is 6.21. The summed E-state index contributed by atoms with van der Waals surface area (Å²) in [7, 11) is -1.49. The van der Waals surface area contributed by atoms with Gasteiger partial charge >= 0.3 is 0 Å². The number of aromatic nitrogens is 1. The molecule has 19 heavy (non-hydrogen) atoms. The second-order valence-corrected chi connectivity index (χ2v) is 6.44. The van der Waals surface area contributed by atoms with Crippen LogP contribution < -0.4 is 4.90 Å². The van der Waals surface area contributed by atoms with Crippen LogP contribution in [0.25, 0.3) is 0 Å². The van der Waals surface area contributed by atoms with Gasteiger partial charge in [0.15, 0.2) is 9.84 Å². The summed E-state index contributed by atoms with van der Waals surface area (Å²) in [6.45, 7) is 2.42. The summed E-state index contributed by atoms with van der Waals surface area (Å²) in [6.07, 6.45) is 4.39. The van der Waals surface area contributed by atoms with Gasteiger partial charge in [-0.15, -0.1) is 0 Å². The molecule has 5 nitrogen and oxygen atoms in total. The van der Waals surface area contributed by atoms with E-state index in [4.69, 9.17) is 4.42 Å². The first-order chi connectivity index (χ1) is 8.89. The van der Waals surface area contributed by atoms with E-state index >= 15 is 0 Å². The molecule has 0 aliphatic carbocycles. The van der Waals surface area contributed by atoms with Gasteiger partial charge < -0.3 is 9.32 Å². The van der Waals surface area contributed by atoms with Crippen LogP contribution in [-0.4, -0.2) is 26.7 Å². The van der Waals surface area contributed by atoms with Gasteiger partial charge in [-0.3, -0.25) is 0 Å². The van der Waals surface area contributed by atoms with Crippen LogP contribution >= 0.6 is 0 Å². The minimum absolute atomic E-state index is 0.235. The van der Waals surface area contributed by atoms with E-state index in [1.54, 1.807) is 29.5 Å². The fourth-order valence-corrected chi connectivity index (χ4v) is 2.73. The van der Waals surface area contributed by atoms with Gasteiger partial charge in [0.2, 0.25) is 0 Å². The highest BCUT2D eigenvalue weighted by molar-refractivity contribution is 7.90. The summed E-state index contributed by atoms with van der Waals surface area (Å²) in [5.74, 6) is 1.27. The van der Waals surface area contributed by atoms with Crippen LogP contribution in [-0.2, 0) is 16.4 Å². The molecule has 2 rings (SSSR count). The predicted octanol–water partition coefficient (Wildman–Crippen LogP) is 2.02. The third-order valence-corrected chi connectivity index (χ3v) is 4.00. The number of nitrogens with zero attached hydrogens (tertiary/aromatic N) is 2. The van der Waals surface area contributed by atoms with E-state index in [2.05, 4.69) is 4.98 Å². The molecule has 0 N–H and O–H groups in total. The summed E-state index contributed by atoms with van der Waals surface area (Å²) >= 11 is 0. The average molecular weight is 280 g/mol. The molecule has 0 bridgehead atoms. The van der Waals surface area contributed by atoms with E-state index in [9.17, 15) is 8.42 Å². The van der Waals surface area contributed by atoms with Crippen LogP contribution in [0.1, 0.15) is 11.3 Å². The van der Waals surface area contributed by atoms with Crippen molar-refractivity contribution in [2.45, 2.75) is 18.4 Å². The molecule has 0 aliphatic rings. The van der Waals surface area contributed by atoms with Crippen molar-refractivity contribution < 1.29 is 12.8 Å². The molecule has 2 aromatic heterocycles. The zero-order valence-corrected chi connectivity index (χ0v) is 11.9. The molecule has 0 unspecified atom stereocenters. The van der Waals surface area contributed by atoms with Crippen molar-refractivity contribution >= 4 is 15.7 Å². The summed E-state index contributed by atoms with van der Waals surface area (Å²) in [6, 6.07) is 5.06. The Morgan fingerprint density at radius 2 is 2.11 bits per heavy atom. The number of aryl methyl sites for hydroxylation is 1. The van der Waals surface area contributed by atoms with Crippen molar-refractivity contribution in [3.8, 4) is 0 Å². The van der Waals surface area contributed by atoms with Crippen molar-refractivity contribution in [1.82, 2.24) is 4.98 Å². The number of anilines is 1. The Morgan fingerprint density at radius 1 is 1.37 bits per heavy atom. The van der Waals surface area contributed by atoms with Crippen molar-refractivity contribution in [2.24, 2.45) is 0 Å². The van der Waals surface area contributed by atoms with Gasteiger partial charge in [-0.05, 0) is 25.1 Å². The van der Waals surface area contributed by atoms with Crippen LogP contribution in [0.3, 0.4) is 0 Å². The molecule has 2 aromatic rings. The topological polar surface area (TPSA) is 63.4 Å². The first kappa shape index (κ1) is 13.6. The zero-order valence-electron chi connectivity index (χ0n) is 11.1. The maximum atomic E-state index is 11.7. The second-order valence-electron chi connectivity index (χ2n) is 4.46. The Kier molecular flexibility index (Phi) is 3.61. The van der Waals surface area contributed by atoms with Gasteiger partial charge in [0.25, 0.3) is 0 Å². The lowest BCUT2D eigenvalue weighted by molar-refractivity contribution is 0.529. The lowest BCUT2D eigenvalue weighted by Gasteiger charge is -2.20. The summed E-state index contributed by atoms with van der Waals surface area (Å²) in [5.41, 5.74) is 1.01. The summed E-state index contributed by atoms with van der Waals surface area (Å²) < 4.78 is 28.7. The van der Waals surface area contributed by atoms with Crippen LogP contribution in [0.15, 0.2) is 40.0 Å². The quantitative estimate of drug-likeness (QED) is 0.857. The third-order valence-electron chi connectivity index (χ3n) is 2.89. The first-order valence-corrected chi connectivity index (χ1v) is 7.68. The van der Waals surface area contributed by atoms with Crippen molar-refractivity contribution in [2.75, 3.05) is 18.2 Å². The predicted molar refractivity (Wildman–Crippen MR) is 72.9 cm³/mol. The average Bonchev–Trinajstić information content (AvgIpc) is 2.74. The fourth-order valence-electron chi connectivity index (χ4n) is 1.86. The van der Waals surface area contributed by atoms with Gasteiger partial charge in [-0.1, -0.05) is 0 Å². The van der Waals surface area contributed by atoms with Crippen molar-refractivity contribution in [3.05, 3.63) is 42.0 Å². The highest BCUT2D eigenvalue weighted by atomic mass is 32.2. The lowest BCUT2D eigenvalue weighted by atomic mass is 10.2. The standard InChI is InChI=1S/C13H16N2O3S/c1-10-11(6-8-18-10)9-15(2)13-12(19(3,16)17)5-4-7-14-13/h4-8H,9H2,1-3H3. The summed E-state index contributed by atoms with van der Waals surface area (Å²) in [5, 5.41) is 0. The molecule has 0 aliphatic heterocycles. The van der Waals surface area contributed by atoms with E-state index in [1.807, 2.05) is 20.0 Å². The smallest absolute Gasteiger partial charge is 0.179 e. The van der Waals surface area contributed by atoms with E-state index in [-0.39, 0.29) is 4.90 Å². The Hall–Kier alpha value is -1.82. The van der Waals surface area contributed by atoms with Gasteiger partial charge in [0.1, 0.15) is 16.5 Å². The SMILES string of the molecule is Cc1occc1CN(C)c1ncccc1S(C)(=O)=O. The maximum Gasteiger partial charge on any atom is 0.179 e. The van der Waals surface area contributed by atoms with Gasteiger partial charge in [0, 0.05) is 31.6 Å². The first-order valence-electron chi connectivity index (χ1n) is 5.79. The molecule has 0 saturated heterocycles. The molecule has 0 aromatic carbocycles. The number of hydrogen-bond acceptors (Lipinski definition) is 5. The second kappa shape index (κ2) is 5.05. The van der Waals surface area contributed by atoms with Gasteiger partial charge in [-0.2, -0.15) is 0 Å². The number of hydrogen-bond donors (Lipinski definition) is 0. The van der Waals surface area contributed by atoms with Gasteiger partial charge in [0.05, 0.1) is 6.26 Å². The molecule has 2 heterocycles. The normalized spacial score (nSPS) is 11.5. The molecule has 0 saturated carbocycles. The Morgan fingerprint density at radius 3 is 2.68 bits per heavy atom. The maximum absolute atomic E-state index is 11.7. The largest absolute Gasteiger partial charge is 0.469 e. The van der Waals surface area contributed by atoms with Gasteiger partial charge in [-0.25, -0.2) is 13.4 Å². The number of rotatable bonds is 4. The molecule has 0 spiro atoms. The molecule has 6 heteroatoms. The minimum atomic E-state index is -3.30. The molecule has 102 valence electrons. The molecule has 0 atom stereocenters. The highest BCUT2D eigenvalue weighted by Gasteiger charge is 2.17. The Labute approximate surface area is 112 Å². The van der Waals surface area contributed by atoms with Crippen molar-refractivity contribution in [3.63, 3.8) is 0 Å². The Balaban J connectivity index is 2.35. The van der Waals surface area contributed by atoms with Crippen LogP contribution in [0, 0.1) is 6.92 Å². The Bertz CT molecular complexity index is 677. The van der Waals surface area contributed by atoms with E-state index in [0.29, 0.717) is 12.4 Å². The van der Waals surface area contributed by atoms with Crippen LogP contribution in [0.4, 0.5) is 5.82 Å². The molecular formula is C13H16N2O3S. The number of pyridine rings is 1. The molecule has 0 amide bonds. The molecule has 0 radical (unpaired) electrons. The van der Waals surface area contributed by atoms with Crippen LogP contribution in [0.5, 0.6) is 0 Å². The molecular weight excluding hydrogens is 264 g/mol. The van der Waals surface area contributed by atoms with E-state index in [0.717, 1.165) is 11.3 Å². The third kappa shape index (κ3) is 2.96.